The van der Waals surface area contributed by atoms with Crippen molar-refractivity contribution < 1.29 is 9.47 Å². The Labute approximate surface area is 113 Å². The zero-order valence-electron chi connectivity index (χ0n) is 12.4. The fourth-order valence-electron chi connectivity index (χ4n) is 2.77. The molecule has 0 spiro atoms. The molecule has 1 aliphatic carbocycles. The molecule has 0 radical (unpaired) electrons. The van der Waals surface area contributed by atoms with Gasteiger partial charge in [-0.05, 0) is 45.4 Å². The summed E-state index contributed by atoms with van der Waals surface area (Å²) in [5.41, 5.74) is 0. The van der Waals surface area contributed by atoms with Gasteiger partial charge in [0.1, 0.15) is 0 Å². The van der Waals surface area contributed by atoms with Gasteiger partial charge < -0.3 is 14.8 Å². The SMILES string of the molecule is CCOC(CCNC1CCC(CC)CC1)OCC. The molecule has 0 aromatic rings. The second-order valence-corrected chi connectivity index (χ2v) is 5.21. The van der Waals surface area contributed by atoms with E-state index < -0.39 is 0 Å². The third-order valence-corrected chi connectivity index (χ3v) is 3.94. The highest BCUT2D eigenvalue weighted by Gasteiger charge is 2.19. The monoisotopic (exact) mass is 257 g/mol. The van der Waals surface area contributed by atoms with E-state index in [0.29, 0.717) is 0 Å². The van der Waals surface area contributed by atoms with Crippen molar-refractivity contribution >= 4 is 0 Å². The Hall–Kier alpha value is -0.120. The molecule has 1 N–H and O–H groups in total. The first-order valence-electron chi connectivity index (χ1n) is 7.76. The quantitative estimate of drug-likeness (QED) is 0.643. The second-order valence-electron chi connectivity index (χ2n) is 5.21. The molecule has 0 atom stereocenters. The van der Waals surface area contributed by atoms with E-state index in [0.717, 1.165) is 38.1 Å². The van der Waals surface area contributed by atoms with Gasteiger partial charge >= 0.3 is 0 Å². The first-order valence-corrected chi connectivity index (χ1v) is 7.76. The standard InChI is InChI=1S/C15H31NO2/c1-4-13-7-9-14(10-8-13)16-12-11-15(17-5-2)18-6-3/h13-16H,4-12H2,1-3H3. The maximum atomic E-state index is 5.54. The minimum atomic E-state index is -0.0283. The van der Waals surface area contributed by atoms with Crippen LogP contribution in [-0.2, 0) is 9.47 Å². The highest BCUT2D eigenvalue weighted by molar-refractivity contribution is 4.76. The third kappa shape index (κ3) is 6.17. The van der Waals surface area contributed by atoms with Gasteiger partial charge in [-0.25, -0.2) is 0 Å². The van der Waals surface area contributed by atoms with Gasteiger partial charge in [0.15, 0.2) is 6.29 Å². The molecule has 3 nitrogen and oxygen atoms in total. The topological polar surface area (TPSA) is 30.5 Å². The van der Waals surface area contributed by atoms with Crippen LogP contribution in [0.2, 0.25) is 0 Å². The fraction of sp³-hybridized carbons (Fsp3) is 1.00. The summed E-state index contributed by atoms with van der Waals surface area (Å²) in [5.74, 6) is 0.975. The Morgan fingerprint density at radius 3 is 2.11 bits per heavy atom. The molecule has 0 amide bonds. The van der Waals surface area contributed by atoms with Crippen molar-refractivity contribution in [2.75, 3.05) is 19.8 Å². The minimum Gasteiger partial charge on any atom is -0.353 e. The summed E-state index contributed by atoms with van der Waals surface area (Å²) in [4.78, 5) is 0. The molecule has 0 saturated heterocycles. The molecule has 0 bridgehead atoms. The lowest BCUT2D eigenvalue weighted by Gasteiger charge is -2.29. The highest BCUT2D eigenvalue weighted by atomic mass is 16.7. The number of hydrogen-bond donors (Lipinski definition) is 1. The van der Waals surface area contributed by atoms with E-state index in [1.807, 2.05) is 13.8 Å². The van der Waals surface area contributed by atoms with Gasteiger partial charge in [-0.2, -0.15) is 0 Å². The smallest absolute Gasteiger partial charge is 0.158 e. The van der Waals surface area contributed by atoms with Gasteiger partial charge in [0, 0.05) is 32.2 Å². The van der Waals surface area contributed by atoms with E-state index in [1.165, 1.54) is 32.1 Å². The largest absolute Gasteiger partial charge is 0.353 e. The molecule has 0 aliphatic heterocycles. The van der Waals surface area contributed by atoms with Crippen LogP contribution in [-0.4, -0.2) is 32.1 Å². The van der Waals surface area contributed by atoms with Crippen LogP contribution >= 0.6 is 0 Å². The molecule has 18 heavy (non-hydrogen) atoms. The van der Waals surface area contributed by atoms with Gasteiger partial charge in [-0.15, -0.1) is 0 Å². The number of hydrogen-bond acceptors (Lipinski definition) is 3. The van der Waals surface area contributed by atoms with Crippen molar-refractivity contribution in [1.29, 1.82) is 0 Å². The molecule has 108 valence electrons. The van der Waals surface area contributed by atoms with Gasteiger partial charge in [0.2, 0.25) is 0 Å². The second kappa shape index (κ2) is 9.76. The van der Waals surface area contributed by atoms with Crippen LogP contribution < -0.4 is 5.32 Å². The van der Waals surface area contributed by atoms with E-state index in [2.05, 4.69) is 12.2 Å². The van der Waals surface area contributed by atoms with Crippen LogP contribution in [0.5, 0.6) is 0 Å². The molecule has 0 aromatic carbocycles. The van der Waals surface area contributed by atoms with Crippen molar-refractivity contribution in [2.45, 2.75) is 71.6 Å². The normalized spacial score (nSPS) is 24.7. The fourth-order valence-corrected chi connectivity index (χ4v) is 2.77. The zero-order chi connectivity index (χ0) is 13.2. The van der Waals surface area contributed by atoms with Crippen molar-refractivity contribution in [3.63, 3.8) is 0 Å². The van der Waals surface area contributed by atoms with Crippen LogP contribution in [0, 0.1) is 5.92 Å². The van der Waals surface area contributed by atoms with E-state index in [1.54, 1.807) is 0 Å². The predicted octanol–water partition coefficient (Wildman–Crippen LogP) is 3.33. The lowest BCUT2D eigenvalue weighted by molar-refractivity contribution is -0.138. The molecule has 1 aliphatic rings. The molecule has 0 aromatic heterocycles. The Balaban J connectivity index is 2.09. The Kier molecular flexibility index (Phi) is 8.64. The van der Waals surface area contributed by atoms with Crippen LogP contribution in [0.4, 0.5) is 0 Å². The van der Waals surface area contributed by atoms with Crippen LogP contribution in [0.3, 0.4) is 0 Å². The molecular weight excluding hydrogens is 226 g/mol. The summed E-state index contributed by atoms with van der Waals surface area (Å²) >= 11 is 0. The van der Waals surface area contributed by atoms with E-state index in [4.69, 9.17) is 9.47 Å². The van der Waals surface area contributed by atoms with Crippen LogP contribution in [0.15, 0.2) is 0 Å². The summed E-state index contributed by atoms with van der Waals surface area (Å²) in [6.07, 6.45) is 7.75. The highest BCUT2D eigenvalue weighted by Crippen LogP contribution is 2.26. The molecule has 3 heteroatoms. The first kappa shape index (κ1) is 15.9. The summed E-state index contributed by atoms with van der Waals surface area (Å²) in [6, 6.07) is 0.719. The van der Waals surface area contributed by atoms with Crippen LogP contribution in [0.25, 0.3) is 0 Å². The molecule has 0 heterocycles. The van der Waals surface area contributed by atoms with Crippen molar-refractivity contribution in [1.82, 2.24) is 5.32 Å². The summed E-state index contributed by atoms with van der Waals surface area (Å²) in [6.45, 7) is 8.81. The summed E-state index contributed by atoms with van der Waals surface area (Å²) < 4.78 is 11.1. The predicted molar refractivity (Wildman–Crippen MR) is 75.7 cm³/mol. The van der Waals surface area contributed by atoms with Gasteiger partial charge in [-0.3, -0.25) is 0 Å². The Morgan fingerprint density at radius 2 is 1.61 bits per heavy atom. The summed E-state index contributed by atoms with van der Waals surface area (Å²) in [7, 11) is 0. The lowest BCUT2D eigenvalue weighted by Crippen LogP contribution is -2.35. The Morgan fingerprint density at radius 1 is 1.00 bits per heavy atom. The average Bonchev–Trinajstić information content (AvgIpc) is 2.40. The zero-order valence-corrected chi connectivity index (χ0v) is 12.4. The first-order chi connectivity index (χ1) is 8.80. The third-order valence-electron chi connectivity index (χ3n) is 3.94. The maximum absolute atomic E-state index is 5.54. The number of nitrogens with one attached hydrogen (secondary N) is 1. The average molecular weight is 257 g/mol. The van der Waals surface area contributed by atoms with Crippen LogP contribution in [0.1, 0.15) is 59.3 Å². The van der Waals surface area contributed by atoms with Crippen molar-refractivity contribution in [2.24, 2.45) is 5.92 Å². The van der Waals surface area contributed by atoms with E-state index in [-0.39, 0.29) is 6.29 Å². The van der Waals surface area contributed by atoms with E-state index in [9.17, 15) is 0 Å². The lowest BCUT2D eigenvalue weighted by atomic mass is 9.84. The maximum Gasteiger partial charge on any atom is 0.158 e. The van der Waals surface area contributed by atoms with Crippen molar-refractivity contribution in [3.05, 3.63) is 0 Å². The van der Waals surface area contributed by atoms with Gasteiger partial charge in [0.25, 0.3) is 0 Å². The Bertz CT molecular complexity index is 185. The molecule has 1 saturated carbocycles. The van der Waals surface area contributed by atoms with E-state index >= 15 is 0 Å². The van der Waals surface area contributed by atoms with Gasteiger partial charge in [-0.1, -0.05) is 13.3 Å². The minimum absolute atomic E-state index is 0.0283. The molecule has 0 unspecified atom stereocenters. The molecule has 1 fully saturated rings. The van der Waals surface area contributed by atoms with Crippen molar-refractivity contribution in [3.8, 4) is 0 Å². The summed E-state index contributed by atoms with van der Waals surface area (Å²) in [5, 5.41) is 3.65. The number of ether oxygens (including phenoxy) is 2. The molecule has 1 rings (SSSR count). The number of rotatable bonds is 9. The van der Waals surface area contributed by atoms with Gasteiger partial charge in [0.05, 0.1) is 0 Å². The molecular formula is C15H31NO2.